The molecule has 0 N–H and O–H groups in total. The molecule has 1 aliphatic carbocycles. The standard InChI is InChI=1S/C45H34FN/c1-45(2)41-21-13-12-20-38(41)39-27-26-37(30-42(39)45)47(36-24-22-33(23-25-36)31-14-6-3-7-15-31)44-40(34-18-10-5-11-19-34)28-35(29-43(44)46)32-16-8-4-9-17-32/h3-30H,1-2H3. The summed E-state index contributed by atoms with van der Waals surface area (Å²) in [6, 6.07) is 58.1. The predicted octanol–water partition coefficient (Wildman–Crippen LogP) is 12.6. The van der Waals surface area contributed by atoms with E-state index in [0.29, 0.717) is 5.69 Å². The van der Waals surface area contributed by atoms with Gasteiger partial charge in [-0.2, -0.15) is 0 Å². The first kappa shape index (κ1) is 28.7. The number of anilines is 3. The van der Waals surface area contributed by atoms with Crippen LogP contribution < -0.4 is 4.90 Å². The maximum Gasteiger partial charge on any atom is 0.148 e. The third-order valence-electron chi connectivity index (χ3n) is 9.54. The van der Waals surface area contributed by atoms with Gasteiger partial charge in [0.1, 0.15) is 5.82 Å². The lowest BCUT2D eigenvalue weighted by Crippen LogP contribution is -2.17. The lowest BCUT2D eigenvalue weighted by molar-refractivity contribution is 0.629. The summed E-state index contributed by atoms with van der Waals surface area (Å²) in [5.41, 5.74) is 13.1. The van der Waals surface area contributed by atoms with Gasteiger partial charge in [0.25, 0.3) is 0 Å². The van der Waals surface area contributed by atoms with Crippen LogP contribution in [0.1, 0.15) is 25.0 Å². The van der Waals surface area contributed by atoms with Crippen molar-refractivity contribution >= 4 is 17.1 Å². The van der Waals surface area contributed by atoms with Gasteiger partial charge in [-0.25, -0.2) is 4.39 Å². The van der Waals surface area contributed by atoms with Crippen LogP contribution in [0, 0.1) is 5.82 Å². The van der Waals surface area contributed by atoms with Crippen molar-refractivity contribution in [3.05, 3.63) is 187 Å². The van der Waals surface area contributed by atoms with Crippen LogP contribution in [0.4, 0.5) is 21.5 Å². The summed E-state index contributed by atoms with van der Waals surface area (Å²) in [4.78, 5) is 2.10. The molecule has 1 nitrogen and oxygen atoms in total. The van der Waals surface area contributed by atoms with E-state index in [0.717, 1.165) is 44.8 Å². The predicted molar refractivity (Wildman–Crippen MR) is 195 cm³/mol. The number of hydrogen-bond acceptors (Lipinski definition) is 1. The molecule has 2 heteroatoms. The average molecular weight is 608 g/mol. The molecule has 0 saturated heterocycles. The van der Waals surface area contributed by atoms with E-state index < -0.39 is 0 Å². The van der Waals surface area contributed by atoms with Crippen LogP contribution in [-0.2, 0) is 5.41 Å². The Bertz CT molecular complexity index is 2200. The summed E-state index contributed by atoms with van der Waals surface area (Å²) >= 11 is 0. The first-order chi connectivity index (χ1) is 23.0. The van der Waals surface area contributed by atoms with Gasteiger partial charge in [0.05, 0.1) is 5.69 Å². The highest BCUT2D eigenvalue weighted by molar-refractivity contribution is 5.93. The van der Waals surface area contributed by atoms with Crippen molar-refractivity contribution in [2.24, 2.45) is 0 Å². The number of halogens is 1. The highest BCUT2D eigenvalue weighted by Gasteiger charge is 2.36. The maximum atomic E-state index is 17.0. The molecule has 0 bridgehead atoms. The van der Waals surface area contributed by atoms with Gasteiger partial charge in [-0.3, -0.25) is 0 Å². The number of fused-ring (bicyclic) bond motifs is 3. The molecule has 8 rings (SSSR count). The SMILES string of the molecule is CC1(C)c2ccccc2-c2ccc(N(c3ccc(-c4ccccc4)cc3)c3c(F)cc(-c4ccccc4)cc3-c3ccccc3)cc21. The summed E-state index contributed by atoms with van der Waals surface area (Å²) in [6.07, 6.45) is 0. The molecule has 0 heterocycles. The molecular weight excluding hydrogens is 574 g/mol. The summed E-state index contributed by atoms with van der Waals surface area (Å²) in [5.74, 6) is -0.277. The third kappa shape index (κ3) is 5.03. The Morgan fingerprint density at radius 2 is 0.915 bits per heavy atom. The molecule has 7 aromatic rings. The Morgan fingerprint density at radius 3 is 1.57 bits per heavy atom. The second-order valence-electron chi connectivity index (χ2n) is 12.7. The van der Waals surface area contributed by atoms with Crippen LogP contribution in [0.3, 0.4) is 0 Å². The van der Waals surface area contributed by atoms with E-state index in [2.05, 4.69) is 128 Å². The normalized spacial score (nSPS) is 12.7. The number of benzene rings is 7. The van der Waals surface area contributed by atoms with Crippen LogP contribution in [0.2, 0.25) is 0 Å². The lowest BCUT2D eigenvalue weighted by atomic mass is 9.82. The highest BCUT2D eigenvalue weighted by atomic mass is 19.1. The number of rotatable bonds is 6. The fourth-order valence-electron chi connectivity index (χ4n) is 7.13. The van der Waals surface area contributed by atoms with E-state index in [1.165, 1.54) is 22.3 Å². The molecule has 0 atom stereocenters. The first-order valence-corrected chi connectivity index (χ1v) is 16.1. The smallest absolute Gasteiger partial charge is 0.148 e. The molecule has 0 aliphatic heterocycles. The van der Waals surface area contributed by atoms with Crippen molar-refractivity contribution < 1.29 is 4.39 Å². The Balaban J connectivity index is 1.37. The zero-order chi connectivity index (χ0) is 32.0. The molecule has 0 amide bonds. The topological polar surface area (TPSA) is 3.24 Å². The van der Waals surface area contributed by atoms with Crippen molar-refractivity contribution in [1.82, 2.24) is 0 Å². The zero-order valence-corrected chi connectivity index (χ0v) is 26.5. The minimum Gasteiger partial charge on any atom is -0.307 e. The lowest BCUT2D eigenvalue weighted by Gasteiger charge is -2.30. The molecule has 47 heavy (non-hydrogen) atoms. The van der Waals surface area contributed by atoms with Crippen molar-refractivity contribution in [3.63, 3.8) is 0 Å². The zero-order valence-electron chi connectivity index (χ0n) is 26.5. The van der Waals surface area contributed by atoms with Crippen LogP contribution >= 0.6 is 0 Å². The van der Waals surface area contributed by atoms with Crippen molar-refractivity contribution in [2.75, 3.05) is 4.90 Å². The Hall–Kier alpha value is -5.73. The van der Waals surface area contributed by atoms with Gasteiger partial charge >= 0.3 is 0 Å². The molecule has 0 spiro atoms. The Labute approximate surface area is 276 Å². The molecule has 1 aliphatic rings. The average Bonchev–Trinajstić information content (AvgIpc) is 3.36. The molecule has 0 fully saturated rings. The number of nitrogens with zero attached hydrogens (tertiary/aromatic N) is 1. The van der Waals surface area contributed by atoms with E-state index in [1.807, 2.05) is 54.6 Å². The second-order valence-corrected chi connectivity index (χ2v) is 12.7. The van der Waals surface area contributed by atoms with Gasteiger partial charge in [-0.05, 0) is 86.5 Å². The van der Waals surface area contributed by atoms with E-state index in [4.69, 9.17) is 0 Å². The van der Waals surface area contributed by atoms with E-state index in [1.54, 1.807) is 6.07 Å². The van der Waals surface area contributed by atoms with Crippen LogP contribution in [-0.4, -0.2) is 0 Å². The first-order valence-electron chi connectivity index (χ1n) is 16.1. The van der Waals surface area contributed by atoms with Crippen LogP contribution in [0.15, 0.2) is 170 Å². The van der Waals surface area contributed by atoms with Crippen molar-refractivity contribution in [3.8, 4) is 44.5 Å². The fraction of sp³-hybridized carbons (Fsp3) is 0.0667. The molecule has 226 valence electrons. The summed E-state index contributed by atoms with van der Waals surface area (Å²) < 4.78 is 17.0. The van der Waals surface area contributed by atoms with E-state index >= 15 is 4.39 Å². The monoisotopic (exact) mass is 607 g/mol. The van der Waals surface area contributed by atoms with Gasteiger partial charge in [0, 0.05) is 22.4 Å². The minimum atomic E-state index is -0.277. The largest absolute Gasteiger partial charge is 0.307 e. The molecule has 0 unspecified atom stereocenters. The Kier molecular flexibility index (Phi) is 7.07. The van der Waals surface area contributed by atoms with Crippen LogP contribution in [0.25, 0.3) is 44.5 Å². The van der Waals surface area contributed by atoms with E-state index in [-0.39, 0.29) is 11.2 Å². The maximum absolute atomic E-state index is 17.0. The van der Waals surface area contributed by atoms with Crippen molar-refractivity contribution in [1.29, 1.82) is 0 Å². The highest BCUT2D eigenvalue weighted by Crippen LogP contribution is 2.52. The molecule has 7 aromatic carbocycles. The van der Waals surface area contributed by atoms with Gasteiger partial charge in [-0.15, -0.1) is 0 Å². The summed E-state index contributed by atoms with van der Waals surface area (Å²) in [7, 11) is 0. The molecule has 0 radical (unpaired) electrons. The minimum absolute atomic E-state index is 0.192. The summed E-state index contributed by atoms with van der Waals surface area (Å²) in [6.45, 7) is 4.57. The molecule has 0 saturated carbocycles. The second kappa shape index (κ2) is 11.6. The molecular formula is C45H34FN. The quantitative estimate of drug-likeness (QED) is 0.182. The van der Waals surface area contributed by atoms with Gasteiger partial charge < -0.3 is 4.90 Å². The van der Waals surface area contributed by atoms with Gasteiger partial charge in [0.2, 0.25) is 0 Å². The van der Waals surface area contributed by atoms with Crippen LogP contribution in [0.5, 0.6) is 0 Å². The fourth-order valence-corrected chi connectivity index (χ4v) is 7.13. The molecule has 0 aromatic heterocycles. The third-order valence-corrected chi connectivity index (χ3v) is 9.54. The van der Waals surface area contributed by atoms with Gasteiger partial charge in [-0.1, -0.05) is 147 Å². The Morgan fingerprint density at radius 1 is 0.404 bits per heavy atom. The number of hydrogen-bond donors (Lipinski definition) is 0. The van der Waals surface area contributed by atoms with Crippen molar-refractivity contribution in [2.45, 2.75) is 19.3 Å². The van der Waals surface area contributed by atoms with E-state index in [9.17, 15) is 0 Å². The summed E-state index contributed by atoms with van der Waals surface area (Å²) in [5, 5.41) is 0. The van der Waals surface area contributed by atoms with Gasteiger partial charge in [0.15, 0.2) is 0 Å².